The predicted molar refractivity (Wildman–Crippen MR) is 59.3 cm³/mol. The molecule has 1 unspecified atom stereocenters. The highest BCUT2D eigenvalue weighted by atomic mass is 16.5. The van der Waals surface area contributed by atoms with Gasteiger partial charge in [0, 0.05) is 20.6 Å². The quantitative estimate of drug-likeness (QED) is 0.795. The third kappa shape index (κ3) is 3.64. The number of benzene rings is 1. The molecule has 0 heterocycles. The summed E-state index contributed by atoms with van der Waals surface area (Å²) in [5.41, 5.74) is 1.96. The average molecular weight is 224 g/mol. The molecule has 1 aromatic carbocycles. The normalized spacial score (nSPS) is 12.4. The second-order valence-electron chi connectivity index (χ2n) is 3.52. The van der Waals surface area contributed by atoms with Crippen LogP contribution in [0.1, 0.15) is 11.1 Å². The monoisotopic (exact) mass is 224 g/mol. The minimum absolute atomic E-state index is 0.364. The molecule has 88 valence electrons. The SMILES string of the molecule is COCc1cccc(CC(OC)C(=O)O)c1. The third-order valence-electron chi connectivity index (χ3n) is 2.28. The second-order valence-corrected chi connectivity index (χ2v) is 3.52. The Morgan fingerprint density at radius 3 is 2.62 bits per heavy atom. The molecule has 4 nitrogen and oxygen atoms in total. The van der Waals surface area contributed by atoms with E-state index in [-0.39, 0.29) is 0 Å². The lowest BCUT2D eigenvalue weighted by molar-refractivity contribution is -0.148. The number of hydrogen-bond donors (Lipinski definition) is 1. The molecule has 4 heteroatoms. The molecule has 0 saturated heterocycles. The highest BCUT2D eigenvalue weighted by Crippen LogP contribution is 2.10. The van der Waals surface area contributed by atoms with Gasteiger partial charge in [0.15, 0.2) is 6.10 Å². The number of carboxylic acid groups (broad SMARTS) is 1. The van der Waals surface area contributed by atoms with E-state index in [2.05, 4.69) is 0 Å². The Bertz CT molecular complexity index is 349. The highest BCUT2D eigenvalue weighted by Gasteiger charge is 2.16. The minimum Gasteiger partial charge on any atom is -0.479 e. The van der Waals surface area contributed by atoms with Gasteiger partial charge in [0.1, 0.15) is 0 Å². The Labute approximate surface area is 94.8 Å². The van der Waals surface area contributed by atoms with E-state index in [1.165, 1.54) is 7.11 Å². The van der Waals surface area contributed by atoms with Gasteiger partial charge >= 0.3 is 5.97 Å². The van der Waals surface area contributed by atoms with Crippen LogP contribution in [0.15, 0.2) is 24.3 Å². The molecule has 16 heavy (non-hydrogen) atoms. The van der Waals surface area contributed by atoms with E-state index in [1.54, 1.807) is 7.11 Å². The van der Waals surface area contributed by atoms with Crippen molar-refractivity contribution in [3.8, 4) is 0 Å². The van der Waals surface area contributed by atoms with Crippen molar-refractivity contribution in [1.29, 1.82) is 0 Å². The largest absolute Gasteiger partial charge is 0.479 e. The van der Waals surface area contributed by atoms with Gasteiger partial charge in [0.2, 0.25) is 0 Å². The van der Waals surface area contributed by atoms with Crippen LogP contribution in [-0.4, -0.2) is 31.4 Å². The molecule has 0 bridgehead atoms. The number of carboxylic acids is 1. The van der Waals surface area contributed by atoms with Gasteiger partial charge < -0.3 is 14.6 Å². The van der Waals surface area contributed by atoms with Crippen molar-refractivity contribution in [1.82, 2.24) is 0 Å². The van der Waals surface area contributed by atoms with Crippen LogP contribution in [0, 0.1) is 0 Å². The van der Waals surface area contributed by atoms with Crippen LogP contribution in [0.2, 0.25) is 0 Å². The first-order chi connectivity index (χ1) is 7.67. The van der Waals surface area contributed by atoms with E-state index < -0.39 is 12.1 Å². The summed E-state index contributed by atoms with van der Waals surface area (Å²) < 4.78 is 9.90. The van der Waals surface area contributed by atoms with Crippen LogP contribution >= 0.6 is 0 Å². The van der Waals surface area contributed by atoms with Crippen LogP contribution in [0.3, 0.4) is 0 Å². The molecule has 0 radical (unpaired) electrons. The molecule has 0 fully saturated rings. The number of rotatable bonds is 6. The predicted octanol–water partition coefficient (Wildman–Crippen LogP) is 1.48. The molecule has 1 N–H and O–H groups in total. The van der Waals surface area contributed by atoms with Crippen LogP contribution in [0.5, 0.6) is 0 Å². The van der Waals surface area contributed by atoms with Crippen LogP contribution in [0.25, 0.3) is 0 Å². The van der Waals surface area contributed by atoms with Crippen LogP contribution < -0.4 is 0 Å². The summed E-state index contributed by atoms with van der Waals surface area (Å²) in [6.45, 7) is 0.526. The molecular formula is C12H16O4. The van der Waals surface area contributed by atoms with Gasteiger partial charge in [-0.05, 0) is 11.1 Å². The van der Waals surface area contributed by atoms with Crippen molar-refractivity contribution in [2.75, 3.05) is 14.2 Å². The van der Waals surface area contributed by atoms with E-state index in [1.807, 2.05) is 24.3 Å². The third-order valence-corrected chi connectivity index (χ3v) is 2.28. The van der Waals surface area contributed by atoms with Gasteiger partial charge in [-0.15, -0.1) is 0 Å². The van der Waals surface area contributed by atoms with Gasteiger partial charge in [-0.25, -0.2) is 4.79 Å². The number of ether oxygens (including phenoxy) is 2. The van der Waals surface area contributed by atoms with E-state index in [9.17, 15) is 4.79 Å². The fourth-order valence-electron chi connectivity index (χ4n) is 1.50. The standard InChI is InChI=1S/C12H16O4/c1-15-8-10-5-3-4-9(6-10)7-11(16-2)12(13)14/h3-6,11H,7-8H2,1-2H3,(H,13,14). The highest BCUT2D eigenvalue weighted by molar-refractivity contribution is 5.72. The van der Waals surface area contributed by atoms with Gasteiger partial charge in [0.25, 0.3) is 0 Å². The maximum atomic E-state index is 10.8. The molecule has 1 rings (SSSR count). The molecule has 0 aliphatic rings. The maximum absolute atomic E-state index is 10.8. The van der Waals surface area contributed by atoms with E-state index in [0.29, 0.717) is 13.0 Å². The molecule has 0 aliphatic carbocycles. The summed E-state index contributed by atoms with van der Waals surface area (Å²) in [6.07, 6.45) is -0.429. The van der Waals surface area contributed by atoms with E-state index in [0.717, 1.165) is 11.1 Å². The number of aliphatic carboxylic acids is 1. The molecule has 0 saturated carbocycles. The van der Waals surface area contributed by atoms with Gasteiger partial charge in [0.05, 0.1) is 6.61 Å². The molecule has 0 amide bonds. The van der Waals surface area contributed by atoms with Gasteiger partial charge in [-0.3, -0.25) is 0 Å². The zero-order valence-corrected chi connectivity index (χ0v) is 9.47. The van der Waals surface area contributed by atoms with Crippen molar-refractivity contribution >= 4 is 5.97 Å². The fourth-order valence-corrected chi connectivity index (χ4v) is 1.50. The summed E-state index contributed by atoms with van der Waals surface area (Å²) in [5.74, 6) is -0.945. The summed E-state index contributed by atoms with van der Waals surface area (Å²) in [6, 6.07) is 7.64. The lowest BCUT2D eigenvalue weighted by atomic mass is 10.1. The van der Waals surface area contributed by atoms with Crippen molar-refractivity contribution in [2.24, 2.45) is 0 Å². The lowest BCUT2D eigenvalue weighted by Gasteiger charge is -2.11. The van der Waals surface area contributed by atoms with Crippen molar-refractivity contribution in [2.45, 2.75) is 19.1 Å². The Morgan fingerprint density at radius 1 is 1.38 bits per heavy atom. The number of carbonyl (C=O) groups is 1. The zero-order valence-electron chi connectivity index (χ0n) is 9.47. The van der Waals surface area contributed by atoms with E-state index in [4.69, 9.17) is 14.6 Å². The van der Waals surface area contributed by atoms with Crippen LogP contribution in [-0.2, 0) is 27.3 Å². The van der Waals surface area contributed by atoms with Crippen molar-refractivity contribution in [3.63, 3.8) is 0 Å². The molecule has 0 aliphatic heterocycles. The molecule has 1 atom stereocenters. The number of hydrogen-bond acceptors (Lipinski definition) is 3. The number of methoxy groups -OCH3 is 2. The van der Waals surface area contributed by atoms with Gasteiger partial charge in [-0.2, -0.15) is 0 Å². The Kier molecular flexibility index (Phi) is 4.95. The Morgan fingerprint density at radius 2 is 2.06 bits per heavy atom. The molecule has 0 aromatic heterocycles. The Balaban J connectivity index is 2.72. The zero-order chi connectivity index (χ0) is 12.0. The summed E-state index contributed by atoms with van der Waals surface area (Å²) >= 11 is 0. The average Bonchev–Trinajstić information content (AvgIpc) is 2.26. The maximum Gasteiger partial charge on any atom is 0.333 e. The first kappa shape index (κ1) is 12.7. The summed E-state index contributed by atoms with van der Waals surface area (Å²) in [7, 11) is 3.03. The minimum atomic E-state index is -0.945. The van der Waals surface area contributed by atoms with E-state index >= 15 is 0 Å². The summed E-state index contributed by atoms with van der Waals surface area (Å²) in [5, 5.41) is 8.86. The summed E-state index contributed by atoms with van der Waals surface area (Å²) in [4.78, 5) is 10.8. The molecular weight excluding hydrogens is 208 g/mol. The topological polar surface area (TPSA) is 55.8 Å². The van der Waals surface area contributed by atoms with Gasteiger partial charge in [-0.1, -0.05) is 24.3 Å². The molecule has 1 aromatic rings. The lowest BCUT2D eigenvalue weighted by Crippen LogP contribution is -2.24. The molecule has 0 spiro atoms. The smallest absolute Gasteiger partial charge is 0.333 e. The second kappa shape index (κ2) is 6.25. The van der Waals surface area contributed by atoms with Crippen molar-refractivity contribution in [3.05, 3.63) is 35.4 Å². The van der Waals surface area contributed by atoms with Crippen molar-refractivity contribution < 1.29 is 19.4 Å². The first-order valence-electron chi connectivity index (χ1n) is 4.99. The fraction of sp³-hybridized carbons (Fsp3) is 0.417. The Hall–Kier alpha value is -1.39. The first-order valence-corrected chi connectivity index (χ1v) is 4.99. The van der Waals surface area contributed by atoms with Crippen LogP contribution in [0.4, 0.5) is 0 Å².